The Labute approximate surface area is 191 Å². The van der Waals surface area contributed by atoms with Crippen LogP contribution < -0.4 is 5.32 Å². The number of hydrogen-bond donors (Lipinski definition) is 1. The number of nitrogens with one attached hydrogen (secondary N) is 1. The molecule has 4 rings (SSSR count). The smallest absolute Gasteiger partial charge is 0.00966 e. The molecule has 1 nitrogen and oxygen atoms in total. The van der Waals surface area contributed by atoms with Crippen molar-refractivity contribution in [2.75, 3.05) is 11.9 Å². The summed E-state index contributed by atoms with van der Waals surface area (Å²) in [5, 5.41) is 4.61. The van der Waals surface area contributed by atoms with Crippen molar-refractivity contribution in [3.05, 3.63) is 80.9 Å². The van der Waals surface area contributed by atoms with Gasteiger partial charge in [0.05, 0.1) is 0 Å². The van der Waals surface area contributed by atoms with Crippen LogP contribution in [0.1, 0.15) is 68.0 Å². The summed E-state index contributed by atoms with van der Waals surface area (Å²) in [6.45, 7) is 12.1. The molecule has 2 aliphatic rings. The molecule has 0 unspecified atom stereocenters. The van der Waals surface area contributed by atoms with E-state index in [9.17, 15) is 0 Å². The minimum absolute atomic E-state index is 0.214. The maximum Gasteiger partial charge on any atom is 0.00966 e. The Balaban J connectivity index is 0.000000177. The van der Waals surface area contributed by atoms with E-state index in [1.165, 1.54) is 33.4 Å². The molecule has 0 atom stereocenters. The fourth-order valence-corrected chi connectivity index (χ4v) is 4.77. The number of halogens is 1. The number of fused-ring (bicyclic) bond motifs is 2. The van der Waals surface area contributed by atoms with Crippen LogP contribution >= 0.6 is 15.9 Å². The number of allylic oxidation sites excluding steroid dienone is 2. The van der Waals surface area contributed by atoms with Gasteiger partial charge in [0.1, 0.15) is 0 Å². The van der Waals surface area contributed by atoms with Crippen molar-refractivity contribution < 1.29 is 0 Å². The van der Waals surface area contributed by atoms with Gasteiger partial charge in [-0.15, -0.1) is 0 Å². The summed E-state index contributed by atoms with van der Waals surface area (Å²) in [4.78, 5) is 0. The van der Waals surface area contributed by atoms with E-state index in [-0.39, 0.29) is 5.54 Å². The van der Waals surface area contributed by atoms with E-state index in [0.29, 0.717) is 0 Å². The van der Waals surface area contributed by atoms with Gasteiger partial charge in [0.15, 0.2) is 0 Å². The van der Waals surface area contributed by atoms with Gasteiger partial charge >= 0.3 is 0 Å². The first-order valence-corrected chi connectivity index (χ1v) is 12.3. The first-order valence-electron chi connectivity index (χ1n) is 11.1. The molecule has 160 valence electrons. The molecule has 2 aromatic carbocycles. The van der Waals surface area contributed by atoms with Gasteiger partial charge in [-0.3, -0.25) is 0 Å². The van der Waals surface area contributed by atoms with Crippen molar-refractivity contribution in [1.82, 2.24) is 5.32 Å². The van der Waals surface area contributed by atoms with Crippen molar-refractivity contribution in [3.8, 4) is 0 Å². The summed E-state index contributed by atoms with van der Waals surface area (Å²) < 4.78 is 0. The van der Waals surface area contributed by atoms with Crippen LogP contribution in [0.15, 0.2) is 47.5 Å². The second-order valence-electron chi connectivity index (χ2n) is 9.67. The molecular weight excluding hydrogens is 430 g/mol. The maximum absolute atomic E-state index is 3.56. The molecule has 0 saturated carbocycles. The van der Waals surface area contributed by atoms with Gasteiger partial charge in [-0.2, -0.15) is 0 Å². The Morgan fingerprint density at radius 2 is 1.30 bits per heavy atom. The molecule has 0 fully saturated rings. The number of aryl methyl sites for hydroxylation is 1. The topological polar surface area (TPSA) is 12.0 Å². The van der Waals surface area contributed by atoms with Gasteiger partial charge in [-0.05, 0) is 100 Å². The van der Waals surface area contributed by atoms with Gasteiger partial charge in [0.2, 0.25) is 0 Å². The highest BCUT2D eigenvalue weighted by Gasteiger charge is 2.14. The van der Waals surface area contributed by atoms with Crippen molar-refractivity contribution >= 4 is 28.1 Å². The SMILES string of the molecule is CC1=Cc2cccc(CCBr)c2C1.CC1=Cc2cccc(CCNC(C)(C)C)c2C1. The molecule has 0 amide bonds. The molecule has 2 aliphatic carbocycles. The summed E-state index contributed by atoms with van der Waals surface area (Å²) in [6.07, 6.45) is 9.18. The third-order valence-corrected chi connectivity index (χ3v) is 6.14. The first kappa shape index (κ1) is 23.0. The quantitative estimate of drug-likeness (QED) is 0.461. The molecule has 0 aliphatic heterocycles. The molecule has 0 heterocycles. The van der Waals surface area contributed by atoms with E-state index in [4.69, 9.17) is 0 Å². The summed E-state index contributed by atoms with van der Waals surface area (Å²) in [7, 11) is 0. The highest BCUT2D eigenvalue weighted by atomic mass is 79.9. The lowest BCUT2D eigenvalue weighted by atomic mass is 9.99. The summed E-state index contributed by atoms with van der Waals surface area (Å²) in [5.41, 5.74) is 12.1. The van der Waals surface area contributed by atoms with Crippen LogP contribution in [0, 0.1) is 0 Å². The van der Waals surface area contributed by atoms with E-state index in [0.717, 1.165) is 37.6 Å². The zero-order valence-electron chi connectivity index (χ0n) is 19.2. The van der Waals surface area contributed by atoms with E-state index >= 15 is 0 Å². The van der Waals surface area contributed by atoms with Crippen molar-refractivity contribution in [3.63, 3.8) is 0 Å². The largest absolute Gasteiger partial charge is 0.312 e. The van der Waals surface area contributed by atoms with Gasteiger partial charge < -0.3 is 5.32 Å². The Morgan fingerprint density at radius 1 is 0.800 bits per heavy atom. The van der Waals surface area contributed by atoms with E-state index in [2.05, 4.69) is 104 Å². The fraction of sp³-hybridized carbons (Fsp3) is 0.429. The molecule has 0 aromatic heterocycles. The van der Waals surface area contributed by atoms with Crippen LogP contribution in [0.4, 0.5) is 0 Å². The molecule has 0 spiro atoms. The highest BCUT2D eigenvalue weighted by molar-refractivity contribution is 9.09. The molecule has 2 aromatic rings. The number of rotatable bonds is 5. The van der Waals surface area contributed by atoms with Gasteiger partial charge in [-0.1, -0.05) is 75.6 Å². The summed E-state index contributed by atoms with van der Waals surface area (Å²) in [6, 6.07) is 13.3. The predicted molar refractivity (Wildman–Crippen MR) is 137 cm³/mol. The molecule has 0 bridgehead atoms. The van der Waals surface area contributed by atoms with Crippen molar-refractivity contribution in [2.24, 2.45) is 0 Å². The van der Waals surface area contributed by atoms with Crippen LogP contribution in [0.2, 0.25) is 0 Å². The van der Waals surface area contributed by atoms with Gasteiger partial charge in [0, 0.05) is 10.9 Å². The minimum atomic E-state index is 0.214. The number of hydrogen-bond acceptors (Lipinski definition) is 1. The zero-order chi connectivity index (χ0) is 21.7. The molecule has 1 N–H and O–H groups in total. The Kier molecular flexibility index (Phi) is 7.76. The second-order valence-corrected chi connectivity index (χ2v) is 10.5. The van der Waals surface area contributed by atoms with Crippen LogP contribution in [-0.4, -0.2) is 17.4 Å². The zero-order valence-corrected chi connectivity index (χ0v) is 20.8. The third kappa shape index (κ3) is 6.18. The van der Waals surface area contributed by atoms with Crippen LogP contribution in [-0.2, 0) is 25.7 Å². The number of benzene rings is 2. The van der Waals surface area contributed by atoms with Crippen molar-refractivity contribution in [2.45, 2.75) is 65.8 Å². The Morgan fingerprint density at radius 3 is 1.77 bits per heavy atom. The molecule has 0 radical (unpaired) electrons. The van der Waals surface area contributed by atoms with E-state index in [1.807, 2.05) is 0 Å². The monoisotopic (exact) mass is 465 g/mol. The molecule has 0 saturated heterocycles. The van der Waals surface area contributed by atoms with Gasteiger partial charge in [-0.25, -0.2) is 0 Å². The maximum atomic E-state index is 3.56. The lowest BCUT2D eigenvalue weighted by molar-refractivity contribution is 0.429. The lowest BCUT2D eigenvalue weighted by Gasteiger charge is -2.21. The second kappa shape index (κ2) is 10.1. The van der Waals surface area contributed by atoms with E-state index < -0.39 is 0 Å². The standard InChI is InChI=1S/C16H23N.C12H13Br/c1-12-10-14-7-5-6-13(15(14)11-12)8-9-17-16(2,3)4;1-9-7-11-4-2-3-10(5-6-13)12(11)8-9/h5-7,10,17H,8-9,11H2,1-4H3;2-4,7H,5-6,8H2,1H3. The van der Waals surface area contributed by atoms with Crippen molar-refractivity contribution in [1.29, 1.82) is 0 Å². The fourth-order valence-electron chi connectivity index (χ4n) is 4.34. The minimum Gasteiger partial charge on any atom is -0.312 e. The molecule has 30 heavy (non-hydrogen) atoms. The summed E-state index contributed by atoms with van der Waals surface area (Å²) in [5.74, 6) is 0. The Hall–Kier alpha value is -1.64. The summed E-state index contributed by atoms with van der Waals surface area (Å²) >= 11 is 3.49. The first-order chi connectivity index (χ1) is 14.3. The molecular formula is C28H36BrN. The van der Waals surface area contributed by atoms with Crippen LogP contribution in [0.25, 0.3) is 12.2 Å². The number of alkyl halides is 1. The Bertz CT molecular complexity index is 944. The third-order valence-electron chi connectivity index (χ3n) is 5.75. The van der Waals surface area contributed by atoms with Crippen LogP contribution in [0.5, 0.6) is 0 Å². The molecule has 2 heteroatoms. The average molecular weight is 467 g/mol. The van der Waals surface area contributed by atoms with E-state index in [1.54, 1.807) is 11.1 Å². The predicted octanol–water partition coefficient (Wildman–Crippen LogP) is 7.16. The lowest BCUT2D eigenvalue weighted by Crippen LogP contribution is -2.37. The highest BCUT2D eigenvalue weighted by Crippen LogP contribution is 2.28. The van der Waals surface area contributed by atoms with Crippen LogP contribution in [0.3, 0.4) is 0 Å². The normalized spacial score (nSPS) is 14.5. The van der Waals surface area contributed by atoms with Gasteiger partial charge in [0.25, 0.3) is 0 Å². The average Bonchev–Trinajstić information content (AvgIpc) is 3.23.